The summed E-state index contributed by atoms with van der Waals surface area (Å²) < 4.78 is 33.2. The van der Waals surface area contributed by atoms with Gasteiger partial charge in [0.15, 0.2) is 6.10 Å². The van der Waals surface area contributed by atoms with Crippen LogP contribution in [-0.2, 0) is 32.7 Å². The molecule has 0 aromatic heterocycles. The van der Waals surface area contributed by atoms with Gasteiger partial charge >= 0.3 is 19.8 Å². The highest BCUT2D eigenvalue weighted by molar-refractivity contribution is 7.47. The molecule has 2 atom stereocenters. The fraction of sp³-hybridized carbons (Fsp3) is 0.910. The van der Waals surface area contributed by atoms with Crippen LogP contribution >= 0.6 is 7.82 Å². The van der Waals surface area contributed by atoms with Gasteiger partial charge in [-0.05, 0) is 44.9 Å². The standard InChI is InChI=1S/C67H130NO8P/c1-3-5-7-9-11-13-15-17-19-21-23-25-27-29-30-31-32-33-34-36-38-40-42-44-46-48-50-52-54-56-58-60-67(70)76-65(64-75-77(71,72)74-62-61-68)63-73-66(69)59-57-55-53-51-49-47-45-43-41-39-37-35-28-26-24-22-20-18-16-14-12-10-8-6-4-2/h15,17,21,23,65H,3-14,16,18-20,22,24-64,68H2,1-2H3,(H,71,72)/b17-15-,23-21-. The smallest absolute Gasteiger partial charge is 0.462 e. The van der Waals surface area contributed by atoms with Crippen molar-refractivity contribution in [3.63, 3.8) is 0 Å². The van der Waals surface area contributed by atoms with E-state index in [0.717, 1.165) is 38.5 Å². The summed E-state index contributed by atoms with van der Waals surface area (Å²) in [6.45, 7) is 3.81. The zero-order chi connectivity index (χ0) is 55.9. The molecule has 0 fully saturated rings. The first-order valence-electron chi connectivity index (χ1n) is 33.8. The van der Waals surface area contributed by atoms with Gasteiger partial charge in [0, 0.05) is 19.4 Å². The molecule has 0 saturated carbocycles. The molecular weight excluding hydrogens is 978 g/mol. The van der Waals surface area contributed by atoms with E-state index in [1.54, 1.807) is 0 Å². The van der Waals surface area contributed by atoms with Crippen molar-refractivity contribution < 1.29 is 37.6 Å². The average Bonchev–Trinajstić information content (AvgIpc) is 3.42. The molecule has 2 unspecified atom stereocenters. The first-order chi connectivity index (χ1) is 37.8. The number of carbonyl (C=O) groups excluding carboxylic acids is 2. The van der Waals surface area contributed by atoms with Crippen LogP contribution in [-0.4, -0.2) is 49.3 Å². The largest absolute Gasteiger partial charge is 0.472 e. The maximum atomic E-state index is 12.8. The summed E-state index contributed by atoms with van der Waals surface area (Å²) in [4.78, 5) is 35.3. The van der Waals surface area contributed by atoms with Crippen molar-refractivity contribution >= 4 is 19.8 Å². The van der Waals surface area contributed by atoms with E-state index in [1.807, 2.05) is 0 Å². The Bertz CT molecular complexity index is 1310. The van der Waals surface area contributed by atoms with Crippen LogP contribution in [0.15, 0.2) is 24.3 Å². The Balaban J connectivity index is 3.83. The molecule has 0 saturated heterocycles. The molecule has 0 aliphatic rings. The van der Waals surface area contributed by atoms with Gasteiger partial charge in [-0.15, -0.1) is 0 Å². The van der Waals surface area contributed by atoms with Crippen molar-refractivity contribution in [3.05, 3.63) is 24.3 Å². The number of phosphoric ester groups is 1. The van der Waals surface area contributed by atoms with Crippen LogP contribution in [0.4, 0.5) is 0 Å². The molecule has 0 amide bonds. The molecule has 10 heteroatoms. The van der Waals surface area contributed by atoms with Crippen molar-refractivity contribution in [2.75, 3.05) is 26.4 Å². The first kappa shape index (κ1) is 75.5. The molecule has 0 aliphatic carbocycles. The summed E-state index contributed by atoms with van der Waals surface area (Å²) in [6.07, 6.45) is 77.0. The van der Waals surface area contributed by atoms with E-state index in [9.17, 15) is 19.0 Å². The van der Waals surface area contributed by atoms with Crippen molar-refractivity contribution in [1.82, 2.24) is 0 Å². The summed E-state index contributed by atoms with van der Waals surface area (Å²) in [5.41, 5.74) is 5.40. The SMILES string of the molecule is CCCCCCC/C=C\C/C=C\CCCCCCCCCCCCCCCCCCCCCC(=O)OC(COC(=O)CCCCCCCCCCCCCCCCCCCCCCCCCCC)COP(=O)(O)OCCN. The Labute approximate surface area is 478 Å². The topological polar surface area (TPSA) is 134 Å². The van der Waals surface area contributed by atoms with Crippen LogP contribution in [0.25, 0.3) is 0 Å². The molecule has 0 bridgehead atoms. The Hall–Kier alpha value is -1.51. The predicted octanol–water partition coefficient (Wildman–Crippen LogP) is 21.8. The molecule has 0 radical (unpaired) electrons. The van der Waals surface area contributed by atoms with E-state index in [-0.39, 0.29) is 38.6 Å². The van der Waals surface area contributed by atoms with E-state index < -0.39 is 26.5 Å². The Morgan fingerprint density at radius 1 is 0.390 bits per heavy atom. The predicted molar refractivity (Wildman–Crippen MR) is 331 cm³/mol. The van der Waals surface area contributed by atoms with Gasteiger partial charge < -0.3 is 20.1 Å². The number of hydrogen-bond donors (Lipinski definition) is 2. The minimum atomic E-state index is -4.39. The Morgan fingerprint density at radius 2 is 0.675 bits per heavy atom. The van der Waals surface area contributed by atoms with E-state index >= 15 is 0 Å². The lowest BCUT2D eigenvalue weighted by Gasteiger charge is -2.19. The summed E-state index contributed by atoms with van der Waals surface area (Å²) in [6, 6.07) is 0. The van der Waals surface area contributed by atoms with Crippen LogP contribution in [0.5, 0.6) is 0 Å². The second kappa shape index (κ2) is 63.7. The number of phosphoric acid groups is 1. The van der Waals surface area contributed by atoms with Gasteiger partial charge in [-0.3, -0.25) is 18.6 Å². The molecule has 77 heavy (non-hydrogen) atoms. The lowest BCUT2D eigenvalue weighted by Crippen LogP contribution is -2.29. The first-order valence-corrected chi connectivity index (χ1v) is 35.3. The number of rotatable bonds is 65. The van der Waals surface area contributed by atoms with Gasteiger partial charge in [0.2, 0.25) is 0 Å². The van der Waals surface area contributed by atoms with Crippen molar-refractivity contribution in [2.24, 2.45) is 5.73 Å². The molecule has 0 aromatic carbocycles. The molecule has 0 aliphatic heterocycles. The minimum absolute atomic E-state index is 0.0570. The number of hydrogen-bond acceptors (Lipinski definition) is 8. The summed E-state index contributed by atoms with van der Waals surface area (Å²) >= 11 is 0. The van der Waals surface area contributed by atoms with Gasteiger partial charge in [-0.2, -0.15) is 0 Å². The highest BCUT2D eigenvalue weighted by atomic mass is 31.2. The average molecular weight is 1110 g/mol. The zero-order valence-electron chi connectivity index (χ0n) is 51.2. The molecule has 0 spiro atoms. The van der Waals surface area contributed by atoms with Crippen molar-refractivity contribution in [1.29, 1.82) is 0 Å². The second-order valence-electron chi connectivity index (χ2n) is 23.1. The Morgan fingerprint density at radius 3 is 0.987 bits per heavy atom. The third-order valence-electron chi connectivity index (χ3n) is 15.3. The van der Waals surface area contributed by atoms with Crippen LogP contribution < -0.4 is 5.73 Å². The number of nitrogens with two attached hydrogens (primary N) is 1. The normalized spacial score (nSPS) is 13.0. The lowest BCUT2D eigenvalue weighted by atomic mass is 10.0. The van der Waals surface area contributed by atoms with Crippen molar-refractivity contribution in [3.8, 4) is 0 Å². The number of ether oxygens (including phenoxy) is 2. The van der Waals surface area contributed by atoms with Gasteiger partial charge in [0.25, 0.3) is 0 Å². The zero-order valence-corrected chi connectivity index (χ0v) is 52.1. The minimum Gasteiger partial charge on any atom is -0.462 e. The fourth-order valence-electron chi connectivity index (χ4n) is 10.3. The van der Waals surface area contributed by atoms with Gasteiger partial charge in [-0.25, -0.2) is 4.57 Å². The highest BCUT2D eigenvalue weighted by Gasteiger charge is 2.26. The maximum Gasteiger partial charge on any atom is 0.472 e. The molecule has 0 rings (SSSR count). The number of unbranched alkanes of at least 4 members (excludes halogenated alkanes) is 48. The quantitative estimate of drug-likeness (QED) is 0.0264. The number of allylic oxidation sites excluding steroid dienone is 4. The molecular formula is C67H130NO8P. The summed E-state index contributed by atoms with van der Waals surface area (Å²) in [5, 5.41) is 0. The summed E-state index contributed by atoms with van der Waals surface area (Å²) in [5.74, 6) is -0.803. The van der Waals surface area contributed by atoms with Crippen LogP contribution in [0.2, 0.25) is 0 Å². The highest BCUT2D eigenvalue weighted by Crippen LogP contribution is 2.43. The van der Waals surface area contributed by atoms with E-state index in [4.69, 9.17) is 24.3 Å². The van der Waals surface area contributed by atoms with Crippen LogP contribution in [0.1, 0.15) is 361 Å². The summed E-state index contributed by atoms with van der Waals surface area (Å²) in [7, 11) is -4.39. The van der Waals surface area contributed by atoms with E-state index in [1.165, 1.54) is 289 Å². The van der Waals surface area contributed by atoms with Gasteiger partial charge in [0.05, 0.1) is 13.2 Å². The lowest BCUT2D eigenvalue weighted by molar-refractivity contribution is -0.161. The molecule has 9 nitrogen and oxygen atoms in total. The van der Waals surface area contributed by atoms with E-state index in [2.05, 4.69) is 38.2 Å². The molecule has 456 valence electrons. The van der Waals surface area contributed by atoms with E-state index in [0.29, 0.717) is 6.42 Å². The molecule has 3 N–H and O–H groups in total. The fourth-order valence-corrected chi connectivity index (χ4v) is 11.1. The third-order valence-corrected chi connectivity index (χ3v) is 16.3. The van der Waals surface area contributed by atoms with Crippen molar-refractivity contribution in [2.45, 2.75) is 367 Å². The molecule has 0 aromatic rings. The van der Waals surface area contributed by atoms with Crippen LogP contribution in [0, 0.1) is 0 Å². The van der Waals surface area contributed by atoms with Gasteiger partial charge in [0.1, 0.15) is 6.61 Å². The molecule has 0 heterocycles. The third kappa shape index (κ3) is 63.5. The second-order valence-corrected chi connectivity index (χ2v) is 24.5. The number of esters is 2. The van der Waals surface area contributed by atoms with Gasteiger partial charge in [-0.1, -0.05) is 327 Å². The number of carbonyl (C=O) groups is 2. The maximum absolute atomic E-state index is 12.8. The Kier molecular flexibility index (Phi) is 62.4. The van der Waals surface area contributed by atoms with Crippen LogP contribution in [0.3, 0.4) is 0 Å². The monoisotopic (exact) mass is 1110 g/mol.